The first kappa shape index (κ1) is 12.7. The molecule has 0 radical (unpaired) electrons. The van der Waals surface area contributed by atoms with Crippen molar-refractivity contribution in [1.29, 1.82) is 0 Å². The van der Waals surface area contributed by atoms with Crippen molar-refractivity contribution in [3.05, 3.63) is 23.7 Å². The second-order valence-electron chi connectivity index (χ2n) is 6.01. The number of aliphatic hydroxyl groups excluding tert-OH is 1. The molecular weight excluding hydrogens is 242 g/mol. The first-order valence-corrected chi connectivity index (χ1v) is 7.18. The number of nitrogens with one attached hydrogen (secondary N) is 1. The number of rotatable bonds is 5. The van der Waals surface area contributed by atoms with E-state index in [4.69, 9.17) is 9.52 Å². The first-order chi connectivity index (χ1) is 9.11. The summed E-state index contributed by atoms with van der Waals surface area (Å²) >= 11 is 0. The molecule has 0 aliphatic heterocycles. The van der Waals surface area contributed by atoms with Gasteiger partial charge in [0.2, 0.25) is 5.91 Å². The van der Waals surface area contributed by atoms with Gasteiger partial charge in [0, 0.05) is 24.8 Å². The Kier molecular flexibility index (Phi) is 3.35. The minimum atomic E-state index is -0.224. The highest BCUT2D eigenvalue weighted by Gasteiger charge is 2.36. The second-order valence-corrected chi connectivity index (χ2v) is 6.01. The number of hydrogen-bond acceptors (Lipinski definition) is 3. The highest BCUT2D eigenvalue weighted by molar-refractivity contribution is 5.76. The Morgan fingerprint density at radius 3 is 2.79 bits per heavy atom. The van der Waals surface area contributed by atoms with Crippen molar-refractivity contribution >= 4 is 5.91 Å². The highest BCUT2D eigenvalue weighted by atomic mass is 16.3. The molecule has 4 heteroatoms. The standard InChI is InChI=1S/C15H21NO3/c1-9-6-13(9)14-4-2-12(19-14)3-5-15(18)16-10-7-11(17)8-10/h2,4,9-11,13,17H,3,5-8H2,1H3,(H,16,18). The molecule has 19 heavy (non-hydrogen) atoms. The van der Waals surface area contributed by atoms with Crippen molar-refractivity contribution < 1.29 is 14.3 Å². The van der Waals surface area contributed by atoms with Gasteiger partial charge in [0.1, 0.15) is 11.5 Å². The van der Waals surface area contributed by atoms with Crippen molar-refractivity contribution in [2.24, 2.45) is 5.92 Å². The van der Waals surface area contributed by atoms with Gasteiger partial charge in [-0.25, -0.2) is 0 Å². The highest BCUT2D eigenvalue weighted by Crippen LogP contribution is 2.47. The molecule has 4 nitrogen and oxygen atoms in total. The molecule has 2 aliphatic carbocycles. The average molecular weight is 263 g/mol. The molecule has 0 aromatic carbocycles. The number of amides is 1. The van der Waals surface area contributed by atoms with E-state index in [1.807, 2.05) is 12.1 Å². The van der Waals surface area contributed by atoms with Gasteiger partial charge in [-0.3, -0.25) is 4.79 Å². The van der Waals surface area contributed by atoms with E-state index in [1.54, 1.807) is 0 Å². The summed E-state index contributed by atoms with van der Waals surface area (Å²) < 4.78 is 5.77. The third-order valence-corrected chi connectivity index (χ3v) is 4.23. The maximum absolute atomic E-state index is 11.7. The lowest BCUT2D eigenvalue weighted by atomic mass is 9.89. The molecule has 0 saturated heterocycles. The van der Waals surface area contributed by atoms with Crippen molar-refractivity contribution in [1.82, 2.24) is 5.32 Å². The Bertz CT molecular complexity index is 462. The van der Waals surface area contributed by atoms with Crippen molar-refractivity contribution in [2.45, 2.75) is 57.1 Å². The van der Waals surface area contributed by atoms with Crippen LogP contribution in [-0.4, -0.2) is 23.2 Å². The molecule has 2 fully saturated rings. The quantitative estimate of drug-likeness (QED) is 0.853. The smallest absolute Gasteiger partial charge is 0.220 e. The van der Waals surface area contributed by atoms with Crippen LogP contribution in [0.2, 0.25) is 0 Å². The average Bonchev–Trinajstić information content (AvgIpc) is 2.89. The summed E-state index contributed by atoms with van der Waals surface area (Å²) in [7, 11) is 0. The van der Waals surface area contributed by atoms with E-state index >= 15 is 0 Å². The third-order valence-electron chi connectivity index (χ3n) is 4.23. The third kappa shape index (κ3) is 3.00. The van der Waals surface area contributed by atoms with Crippen LogP contribution >= 0.6 is 0 Å². The fourth-order valence-electron chi connectivity index (χ4n) is 2.69. The first-order valence-electron chi connectivity index (χ1n) is 7.18. The van der Waals surface area contributed by atoms with E-state index in [-0.39, 0.29) is 18.1 Å². The van der Waals surface area contributed by atoms with Gasteiger partial charge >= 0.3 is 0 Å². The predicted molar refractivity (Wildman–Crippen MR) is 70.7 cm³/mol. The van der Waals surface area contributed by atoms with Crippen LogP contribution in [0.1, 0.15) is 50.0 Å². The number of aliphatic hydroxyl groups is 1. The molecule has 1 aromatic rings. The lowest BCUT2D eigenvalue weighted by Crippen LogP contribution is -2.46. The topological polar surface area (TPSA) is 62.5 Å². The fourth-order valence-corrected chi connectivity index (χ4v) is 2.69. The summed E-state index contributed by atoms with van der Waals surface area (Å²) in [6, 6.07) is 4.20. The molecule has 2 N–H and O–H groups in total. The molecule has 2 saturated carbocycles. The Morgan fingerprint density at radius 2 is 2.16 bits per heavy atom. The van der Waals surface area contributed by atoms with Crippen LogP contribution in [0.4, 0.5) is 0 Å². The van der Waals surface area contributed by atoms with Gasteiger partial charge in [-0.15, -0.1) is 0 Å². The molecule has 1 amide bonds. The van der Waals surface area contributed by atoms with E-state index in [0.717, 1.165) is 17.4 Å². The molecule has 104 valence electrons. The molecule has 2 unspecified atom stereocenters. The molecule has 1 heterocycles. The summed E-state index contributed by atoms with van der Waals surface area (Å²) in [6.07, 6.45) is 3.49. The normalized spacial score (nSPS) is 32.7. The Balaban J connectivity index is 1.41. The second kappa shape index (κ2) is 5.00. The molecule has 1 aromatic heterocycles. The van der Waals surface area contributed by atoms with E-state index in [0.29, 0.717) is 31.6 Å². The molecule has 2 aliphatic rings. The van der Waals surface area contributed by atoms with Gasteiger partial charge in [-0.2, -0.15) is 0 Å². The van der Waals surface area contributed by atoms with Gasteiger partial charge in [0.15, 0.2) is 0 Å². The van der Waals surface area contributed by atoms with Crippen LogP contribution in [0.3, 0.4) is 0 Å². The van der Waals surface area contributed by atoms with Crippen LogP contribution in [0.5, 0.6) is 0 Å². The number of carbonyl (C=O) groups is 1. The molecule has 0 spiro atoms. The molecule has 3 rings (SSSR count). The van der Waals surface area contributed by atoms with Gasteiger partial charge in [-0.05, 0) is 37.3 Å². The van der Waals surface area contributed by atoms with Crippen molar-refractivity contribution in [2.75, 3.05) is 0 Å². The number of aryl methyl sites for hydroxylation is 1. The van der Waals surface area contributed by atoms with Gasteiger partial charge < -0.3 is 14.8 Å². The fraction of sp³-hybridized carbons (Fsp3) is 0.667. The lowest BCUT2D eigenvalue weighted by molar-refractivity contribution is -0.123. The SMILES string of the molecule is CC1CC1c1ccc(CCC(=O)NC2CC(O)C2)o1. The maximum atomic E-state index is 11.7. The Labute approximate surface area is 113 Å². The summed E-state index contributed by atoms with van der Waals surface area (Å²) in [4.78, 5) is 11.7. The van der Waals surface area contributed by atoms with Crippen LogP contribution < -0.4 is 5.32 Å². The summed E-state index contributed by atoms with van der Waals surface area (Å²) in [5.41, 5.74) is 0. The van der Waals surface area contributed by atoms with Crippen molar-refractivity contribution in [3.63, 3.8) is 0 Å². The Hall–Kier alpha value is -1.29. The zero-order valence-electron chi connectivity index (χ0n) is 11.3. The van der Waals surface area contributed by atoms with Crippen LogP contribution in [0, 0.1) is 5.92 Å². The van der Waals surface area contributed by atoms with E-state index < -0.39 is 0 Å². The van der Waals surface area contributed by atoms with Crippen molar-refractivity contribution in [3.8, 4) is 0 Å². The van der Waals surface area contributed by atoms with Gasteiger partial charge in [0.25, 0.3) is 0 Å². The van der Waals surface area contributed by atoms with Crippen LogP contribution in [0.25, 0.3) is 0 Å². The Morgan fingerprint density at radius 1 is 1.42 bits per heavy atom. The molecular formula is C15H21NO3. The molecule has 2 atom stereocenters. The van der Waals surface area contributed by atoms with Gasteiger partial charge in [0.05, 0.1) is 6.10 Å². The maximum Gasteiger partial charge on any atom is 0.220 e. The number of furan rings is 1. The van der Waals surface area contributed by atoms with E-state index in [9.17, 15) is 4.79 Å². The minimum absolute atomic E-state index is 0.0506. The van der Waals surface area contributed by atoms with Crippen LogP contribution in [-0.2, 0) is 11.2 Å². The summed E-state index contributed by atoms with van der Waals surface area (Å²) in [5.74, 6) is 3.36. The monoisotopic (exact) mass is 263 g/mol. The van der Waals surface area contributed by atoms with E-state index in [1.165, 1.54) is 6.42 Å². The summed E-state index contributed by atoms with van der Waals surface area (Å²) in [5, 5.41) is 12.1. The number of hydrogen-bond donors (Lipinski definition) is 2. The van der Waals surface area contributed by atoms with Gasteiger partial charge in [-0.1, -0.05) is 6.92 Å². The lowest BCUT2D eigenvalue weighted by Gasteiger charge is -2.31. The molecule has 0 bridgehead atoms. The minimum Gasteiger partial charge on any atom is -0.466 e. The predicted octanol–water partition coefficient (Wildman–Crippen LogP) is 1.98. The van der Waals surface area contributed by atoms with Crippen LogP contribution in [0.15, 0.2) is 16.5 Å². The largest absolute Gasteiger partial charge is 0.466 e. The van der Waals surface area contributed by atoms with E-state index in [2.05, 4.69) is 12.2 Å². The summed E-state index contributed by atoms with van der Waals surface area (Å²) in [6.45, 7) is 2.23. The number of carbonyl (C=O) groups excluding carboxylic acids is 1. The zero-order chi connectivity index (χ0) is 13.4. The zero-order valence-corrected chi connectivity index (χ0v) is 11.3.